The van der Waals surface area contributed by atoms with E-state index in [4.69, 9.17) is 0 Å². The average molecular weight is 328 g/mol. The Morgan fingerprint density at radius 3 is 2.55 bits per heavy atom. The largest absolute Gasteiger partial charge is 0.353 e. The number of nitrogens with zero attached hydrogens (tertiary/aromatic N) is 1. The van der Waals surface area contributed by atoms with E-state index in [0.29, 0.717) is 12.6 Å². The molecule has 1 aromatic rings. The van der Waals surface area contributed by atoms with Crippen LogP contribution in [0.5, 0.6) is 0 Å². The fourth-order valence-corrected chi connectivity index (χ4v) is 2.76. The SMILES string of the molecule is Cl.O=C(Cn1ccccc1=O)NCCNC1CCCCCC1. The lowest BCUT2D eigenvalue weighted by atomic mass is 10.1. The average Bonchev–Trinajstić information content (AvgIpc) is 2.75. The van der Waals surface area contributed by atoms with Crippen molar-refractivity contribution in [2.75, 3.05) is 13.1 Å². The van der Waals surface area contributed by atoms with Crippen molar-refractivity contribution < 1.29 is 4.79 Å². The van der Waals surface area contributed by atoms with Gasteiger partial charge in [0.25, 0.3) is 5.56 Å². The van der Waals surface area contributed by atoms with Crippen LogP contribution in [0.4, 0.5) is 0 Å². The second kappa shape index (κ2) is 10.4. The van der Waals surface area contributed by atoms with Crippen LogP contribution in [-0.4, -0.2) is 29.6 Å². The van der Waals surface area contributed by atoms with Gasteiger partial charge in [0.2, 0.25) is 5.91 Å². The van der Waals surface area contributed by atoms with Crippen LogP contribution < -0.4 is 16.2 Å². The normalized spacial score (nSPS) is 15.6. The van der Waals surface area contributed by atoms with Crippen molar-refractivity contribution in [1.82, 2.24) is 15.2 Å². The van der Waals surface area contributed by atoms with Gasteiger partial charge in [-0.15, -0.1) is 12.4 Å². The number of aromatic nitrogens is 1. The molecule has 1 aliphatic carbocycles. The number of carbonyl (C=O) groups excluding carboxylic acids is 1. The molecule has 0 radical (unpaired) electrons. The van der Waals surface area contributed by atoms with E-state index < -0.39 is 0 Å². The van der Waals surface area contributed by atoms with Crippen molar-refractivity contribution in [1.29, 1.82) is 0 Å². The maximum absolute atomic E-state index is 11.8. The van der Waals surface area contributed by atoms with Crippen molar-refractivity contribution >= 4 is 18.3 Å². The Hall–Kier alpha value is -1.33. The molecule has 0 spiro atoms. The zero-order chi connectivity index (χ0) is 14.9. The van der Waals surface area contributed by atoms with E-state index in [2.05, 4.69) is 10.6 Å². The lowest BCUT2D eigenvalue weighted by Crippen LogP contribution is -2.38. The van der Waals surface area contributed by atoms with Gasteiger partial charge in [0, 0.05) is 31.4 Å². The van der Waals surface area contributed by atoms with Crippen molar-refractivity contribution in [2.24, 2.45) is 0 Å². The number of amides is 1. The number of hydrogen-bond acceptors (Lipinski definition) is 3. The fourth-order valence-electron chi connectivity index (χ4n) is 2.76. The molecule has 2 rings (SSSR count). The molecule has 0 bridgehead atoms. The molecule has 6 heteroatoms. The van der Waals surface area contributed by atoms with Gasteiger partial charge in [-0.3, -0.25) is 9.59 Å². The van der Waals surface area contributed by atoms with Gasteiger partial charge in [-0.25, -0.2) is 0 Å². The number of rotatable bonds is 6. The van der Waals surface area contributed by atoms with Crippen molar-refractivity contribution in [3.8, 4) is 0 Å². The summed E-state index contributed by atoms with van der Waals surface area (Å²) in [7, 11) is 0. The van der Waals surface area contributed by atoms with Crippen LogP contribution in [0.2, 0.25) is 0 Å². The highest BCUT2D eigenvalue weighted by Gasteiger charge is 2.11. The first-order chi connectivity index (χ1) is 10.3. The summed E-state index contributed by atoms with van der Waals surface area (Å²) in [5.74, 6) is -0.119. The molecule has 1 aliphatic rings. The maximum atomic E-state index is 11.8. The molecule has 0 aromatic carbocycles. The minimum Gasteiger partial charge on any atom is -0.353 e. The third-order valence-electron chi connectivity index (χ3n) is 3.95. The molecule has 2 N–H and O–H groups in total. The maximum Gasteiger partial charge on any atom is 0.250 e. The molecule has 1 aromatic heterocycles. The van der Waals surface area contributed by atoms with Crippen LogP contribution in [0.3, 0.4) is 0 Å². The standard InChI is InChI=1S/C16H25N3O2.ClH/c20-15(13-19-12-6-5-9-16(19)21)18-11-10-17-14-7-3-1-2-4-8-14;/h5-6,9,12,14,17H,1-4,7-8,10-11,13H2,(H,18,20);1H. The van der Waals surface area contributed by atoms with Crippen molar-refractivity contribution in [3.63, 3.8) is 0 Å². The first-order valence-electron chi connectivity index (χ1n) is 7.91. The molecule has 124 valence electrons. The van der Waals surface area contributed by atoms with Crippen molar-refractivity contribution in [2.45, 2.75) is 51.1 Å². The lowest BCUT2D eigenvalue weighted by molar-refractivity contribution is -0.121. The molecule has 22 heavy (non-hydrogen) atoms. The number of carbonyl (C=O) groups is 1. The van der Waals surface area contributed by atoms with Gasteiger partial charge in [0.15, 0.2) is 0 Å². The molecule has 1 saturated carbocycles. The Balaban J connectivity index is 0.00000242. The monoisotopic (exact) mass is 327 g/mol. The second-order valence-corrected chi connectivity index (χ2v) is 5.66. The van der Waals surface area contributed by atoms with Crippen LogP contribution >= 0.6 is 12.4 Å². The Morgan fingerprint density at radius 2 is 1.86 bits per heavy atom. The highest BCUT2D eigenvalue weighted by molar-refractivity contribution is 5.85. The number of nitrogens with one attached hydrogen (secondary N) is 2. The molecule has 1 fully saturated rings. The van der Waals surface area contributed by atoms with Gasteiger partial charge in [-0.2, -0.15) is 0 Å². The van der Waals surface area contributed by atoms with Crippen LogP contribution in [0, 0.1) is 0 Å². The molecule has 0 saturated heterocycles. The van der Waals surface area contributed by atoms with Gasteiger partial charge in [-0.1, -0.05) is 31.7 Å². The highest BCUT2D eigenvalue weighted by atomic mass is 35.5. The predicted octanol–water partition coefficient (Wildman–Crippen LogP) is 1.70. The first-order valence-corrected chi connectivity index (χ1v) is 7.91. The summed E-state index contributed by atoms with van der Waals surface area (Å²) in [5.41, 5.74) is -0.149. The van der Waals surface area contributed by atoms with Gasteiger partial charge < -0.3 is 15.2 Å². The molecule has 0 aliphatic heterocycles. The van der Waals surface area contributed by atoms with E-state index >= 15 is 0 Å². The smallest absolute Gasteiger partial charge is 0.250 e. The van der Waals surface area contributed by atoms with E-state index in [1.807, 2.05) is 0 Å². The summed E-state index contributed by atoms with van der Waals surface area (Å²) < 4.78 is 1.41. The summed E-state index contributed by atoms with van der Waals surface area (Å²) in [4.78, 5) is 23.3. The number of hydrogen-bond donors (Lipinski definition) is 2. The number of pyridine rings is 1. The van der Waals surface area contributed by atoms with E-state index in [-0.39, 0.29) is 30.4 Å². The highest BCUT2D eigenvalue weighted by Crippen LogP contribution is 2.16. The molecule has 0 atom stereocenters. The van der Waals surface area contributed by atoms with E-state index in [1.54, 1.807) is 18.3 Å². The second-order valence-electron chi connectivity index (χ2n) is 5.66. The minimum atomic E-state index is -0.149. The van der Waals surface area contributed by atoms with Gasteiger partial charge in [0.05, 0.1) is 0 Å². The van der Waals surface area contributed by atoms with Crippen LogP contribution in [0.1, 0.15) is 38.5 Å². The summed E-state index contributed by atoms with van der Waals surface area (Å²) in [6, 6.07) is 5.48. The fraction of sp³-hybridized carbons (Fsp3) is 0.625. The third kappa shape index (κ3) is 6.62. The Morgan fingerprint density at radius 1 is 1.14 bits per heavy atom. The zero-order valence-corrected chi connectivity index (χ0v) is 13.7. The van der Waals surface area contributed by atoms with Crippen LogP contribution in [0.25, 0.3) is 0 Å². The molecular formula is C16H26ClN3O2. The molecule has 1 amide bonds. The minimum absolute atomic E-state index is 0. The molecule has 5 nitrogen and oxygen atoms in total. The number of halogens is 1. The lowest BCUT2D eigenvalue weighted by Gasteiger charge is -2.16. The van der Waals surface area contributed by atoms with Crippen LogP contribution in [0.15, 0.2) is 29.2 Å². The Kier molecular flexibility index (Phi) is 8.85. The Labute approximate surface area is 137 Å². The first kappa shape index (κ1) is 18.7. The third-order valence-corrected chi connectivity index (χ3v) is 3.95. The molecular weight excluding hydrogens is 302 g/mol. The van der Waals surface area contributed by atoms with E-state index in [9.17, 15) is 9.59 Å². The van der Waals surface area contributed by atoms with Crippen LogP contribution in [-0.2, 0) is 11.3 Å². The summed E-state index contributed by atoms with van der Waals surface area (Å²) in [5, 5.41) is 6.36. The van der Waals surface area contributed by atoms with E-state index in [1.165, 1.54) is 49.2 Å². The van der Waals surface area contributed by atoms with Gasteiger partial charge in [0.1, 0.15) is 6.54 Å². The quantitative estimate of drug-likeness (QED) is 0.617. The summed E-state index contributed by atoms with van der Waals surface area (Å²) >= 11 is 0. The molecule has 0 unspecified atom stereocenters. The predicted molar refractivity (Wildman–Crippen MR) is 90.5 cm³/mol. The van der Waals surface area contributed by atoms with Crippen molar-refractivity contribution in [3.05, 3.63) is 34.7 Å². The van der Waals surface area contributed by atoms with E-state index in [0.717, 1.165) is 6.54 Å². The van der Waals surface area contributed by atoms with Gasteiger partial charge in [-0.05, 0) is 18.9 Å². The van der Waals surface area contributed by atoms with Gasteiger partial charge >= 0.3 is 0 Å². The summed E-state index contributed by atoms with van der Waals surface area (Å²) in [6.45, 7) is 1.49. The zero-order valence-electron chi connectivity index (χ0n) is 12.9. The summed E-state index contributed by atoms with van der Waals surface area (Å²) in [6.07, 6.45) is 9.43. The topological polar surface area (TPSA) is 63.1 Å². The molecule has 1 heterocycles. The Bertz CT molecular complexity index is 496.